The molecular formula is C15H19NO. The van der Waals surface area contributed by atoms with E-state index >= 15 is 0 Å². The largest absolute Gasteiger partial charge is 0.334 e. The third-order valence-electron chi connectivity index (χ3n) is 3.27. The van der Waals surface area contributed by atoms with E-state index in [2.05, 4.69) is 25.1 Å². The van der Waals surface area contributed by atoms with Crippen LogP contribution in [0.5, 0.6) is 0 Å². The molecule has 0 saturated carbocycles. The molecular weight excluding hydrogens is 210 g/mol. The number of fused-ring (bicyclic) bond motifs is 1. The van der Waals surface area contributed by atoms with Gasteiger partial charge in [0.05, 0.1) is 0 Å². The Morgan fingerprint density at radius 1 is 1.35 bits per heavy atom. The van der Waals surface area contributed by atoms with Crippen molar-refractivity contribution in [1.82, 2.24) is 4.90 Å². The number of amides is 1. The summed E-state index contributed by atoms with van der Waals surface area (Å²) in [7, 11) is 0. The van der Waals surface area contributed by atoms with Gasteiger partial charge in [-0.3, -0.25) is 4.79 Å². The van der Waals surface area contributed by atoms with Gasteiger partial charge in [0.25, 0.3) is 0 Å². The first-order valence-electron chi connectivity index (χ1n) is 6.25. The summed E-state index contributed by atoms with van der Waals surface area (Å²) in [5, 5.41) is 0. The summed E-state index contributed by atoms with van der Waals surface area (Å²) >= 11 is 0. The van der Waals surface area contributed by atoms with Crippen LogP contribution in [0.4, 0.5) is 0 Å². The van der Waals surface area contributed by atoms with Gasteiger partial charge in [-0.25, -0.2) is 0 Å². The molecule has 1 amide bonds. The molecule has 1 aliphatic heterocycles. The maximum absolute atomic E-state index is 12.2. The molecule has 0 radical (unpaired) electrons. The Balaban J connectivity index is 2.13. The summed E-state index contributed by atoms with van der Waals surface area (Å²) in [6.45, 7) is 5.56. The predicted molar refractivity (Wildman–Crippen MR) is 69.6 cm³/mol. The second kappa shape index (κ2) is 5.17. The fraction of sp³-hybridized carbons (Fsp3) is 0.400. The Morgan fingerprint density at radius 3 is 2.76 bits per heavy atom. The lowest BCUT2D eigenvalue weighted by atomic mass is 9.99. The summed E-state index contributed by atoms with van der Waals surface area (Å²) in [6, 6.07) is 8.39. The van der Waals surface area contributed by atoms with Gasteiger partial charge in [-0.05, 0) is 30.9 Å². The van der Waals surface area contributed by atoms with Crippen LogP contribution in [-0.2, 0) is 17.8 Å². The van der Waals surface area contributed by atoms with Crippen LogP contribution in [-0.4, -0.2) is 17.4 Å². The van der Waals surface area contributed by atoms with E-state index in [9.17, 15) is 4.79 Å². The Kier molecular flexibility index (Phi) is 3.62. The third kappa shape index (κ3) is 2.57. The molecule has 0 aliphatic carbocycles. The van der Waals surface area contributed by atoms with Gasteiger partial charge in [-0.2, -0.15) is 0 Å². The average molecular weight is 229 g/mol. The molecule has 0 unspecified atom stereocenters. The van der Waals surface area contributed by atoms with E-state index in [1.165, 1.54) is 11.1 Å². The highest BCUT2D eigenvalue weighted by Crippen LogP contribution is 2.19. The van der Waals surface area contributed by atoms with Crippen LogP contribution in [0.2, 0.25) is 0 Å². The average Bonchev–Trinajstić information content (AvgIpc) is 2.37. The Bertz CT molecular complexity index is 448. The van der Waals surface area contributed by atoms with Gasteiger partial charge in [0, 0.05) is 18.7 Å². The van der Waals surface area contributed by atoms with E-state index in [1.807, 2.05) is 24.0 Å². The van der Waals surface area contributed by atoms with Crippen molar-refractivity contribution in [3.05, 3.63) is 47.0 Å². The minimum atomic E-state index is 0.182. The second-order valence-corrected chi connectivity index (χ2v) is 4.54. The van der Waals surface area contributed by atoms with Gasteiger partial charge < -0.3 is 4.90 Å². The molecule has 0 aromatic heterocycles. The van der Waals surface area contributed by atoms with Crippen LogP contribution in [0.1, 0.15) is 31.4 Å². The summed E-state index contributed by atoms with van der Waals surface area (Å²) in [6.07, 6.45) is 3.90. The molecule has 1 heterocycles. The van der Waals surface area contributed by atoms with Gasteiger partial charge >= 0.3 is 0 Å². The first kappa shape index (κ1) is 11.9. The Labute approximate surface area is 103 Å². The van der Waals surface area contributed by atoms with Crippen molar-refractivity contribution in [2.45, 2.75) is 33.2 Å². The van der Waals surface area contributed by atoms with Gasteiger partial charge in [0.15, 0.2) is 0 Å². The number of rotatable bonds is 2. The van der Waals surface area contributed by atoms with Crippen LogP contribution in [0, 0.1) is 0 Å². The van der Waals surface area contributed by atoms with E-state index in [0.717, 1.165) is 31.5 Å². The van der Waals surface area contributed by atoms with Crippen molar-refractivity contribution in [3.63, 3.8) is 0 Å². The molecule has 0 fully saturated rings. The van der Waals surface area contributed by atoms with Gasteiger partial charge in [-0.15, -0.1) is 0 Å². The maximum Gasteiger partial charge on any atom is 0.249 e. The molecule has 2 nitrogen and oxygen atoms in total. The van der Waals surface area contributed by atoms with Crippen LogP contribution >= 0.6 is 0 Å². The zero-order valence-corrected chi connectivity index (χ0v) is 10.6. The van der Waals surface area contributed by atoms with E-state index in [-0.39, 0.29) is 5.91 Å². The lowest BCUT2D eigenvalue weighted by Gasteiger charge is -2.29. The van der Waals surface area contributed by atoms with Crippen molar-refractivity contribution in [2.75, 3.05) is 6.54 Å². The molecule has 0 atom stereocenters. The highest BCUT2D eigenvalue weighted by molar-refractivity contribution is 5.92. The van der Waals surface area contributed by atoms with E-state index in [4.69, 9.17) is 0 Å². The normalized spacial score (nSPS) is 15.6. The number of hydrogen-bond acceptors (Lipinski definition) is 1. The number of allylic oxidation sites excluding steroid dienone is 1. The smallest absolute Gasteiger partial charge is 0.249 e. The number of carbonyl (C=O) groups is 1. The minimum Gasteiger partial charge on any atom is -0.334 e. The molecule has 0 spiro atoms. The second-order valence-electron chi connectivity index (χ2n) is 4.54. The molecule has 17 heavy (non-hydrogen) atoms. The molecule has 1 aliphatic rings. The van der Waals surface area contributed by atoms with E-state index in [0.29, 0.717) is 0 Å². The molecule has 1 aromatic carbocycles. The highest BCUT2D eigenvalue weighted by Gasteiger charge is 2.20. The lowest BCUT2D eigenvalue weighted by molar-refractivity contribution is -0.128. The van der Waals surface area contributed by atoms with Crippen molar-refractivity contribution >= 4 is 5.91 Å². The summed E-state index contributed by atoms with van der Waals surface area (Å²) in [5.41, 5.74) is 3.54. The monoisotopic (exact) mass is 229 g/mol. The summed E-state index contributed by atoms with van der Waals surface area (Å²) in [4.78, 5) is 14.1. The van der Waals surface area contributed by atoms with Crippen LogP contribution in [0.25, 0.3) is 0 Å². The maximum atomic E-state index is 12.2. The van der Waals surface area contributed by atoms with Crippen LogP contribution < -0.4 is 0 Å². The highest BCUT2D eigenvalue weighted by atomic mass is 16.2. The summed E-state index contributed by atoms with van der Waals surface area (Å²) < 4.78 is 0. The van der Waals surface area contributed by atoms with Crippen molar-refractivity contribution in [1.29, 1.82) is 0 Å². The molecule has 90 valence electrons. The number of benzene rings is 1. The SMILES string of the molecule is CC/C=C(/C)C(=O)N1CCc2ccccc2C1. The Hall–Kier alpha value is -1.57. The standard InChI is InChI=1S/C15H19NO/c1-3-6-12(2)15(17)16-10-9-13-7-4-5-8-14(13)11-16/h4-8H,3,9-11H2,1-2H3/b12-6-. The molecule has 0 bridgehead atoms. The first-order chi connectivity index (χ1) is 8.22. The van der Waals surface area contributed by atoms with Gasteiger partial charge in [-0.1, -0.05) is 37.3 Å². The third-order valence-corrected chi connectivity index (χ3v) is 3.27. The molecule has 2 heteroatoms. The zero-order chi connectivity index (χ0) is 12.3. The lowest BCUT2D eigenvalue weighted by Crippen LogP contribution is -2.36. The quantitative estimate of drug-likeness (QED) is 0.714. The fourth-order valence-corrected chi connectivity index (χ4v) is 2.31. The predicted octanol–water partition coefficient (Wildman–Crippen LogP) is 2.93. The molecule has 1 aromatic rings. The van der Waals surface area contributed by atoms with Crippen molar-refractivity contribution in [3.8, 4) is 0 Å². The first-order valence-corrected chi connectivity index (χ1v) is 6.25. The fourth-order valence-electron chi connectivity index (χ4n) is 2.31. The number of hydrogen-bond donors (Lipinski definition) is 0. The number of carbonyl (C=O) groups excluding carboxylic acids is 1. The topological polar surface area (TPSA) is 20.3 Å². The zero-order valence-electron chi connectivity index (χ0n) is 10.6. The minimum absolute atomic E-state index is 0.182. The molecule has 0 N–H and O–H groups in total. The van der Waals surface area contributed by atoms with Crippen molar-refractivity contribution < 1.29 is 4.79 Å². The van der Waals surface area contributed by atoms with Crippen LogP contribution in [0.3, 0.4) is 0 Å². The van der Waals surface area contributed by atoms with E-state index < -0.39 is 0 Å². The van der Waals surface area contributed by atoms with Crippen LogP contribution in [0.15, 0.2) is 35.9 Å². The summed E-state index contributed by atoms with van der Waals surface area (Å²) in [5.74, 6) is 0.182. The van der Waals surface area contributed by atoms with Gasteiger partial charge in [0.1, 0.15) is 0 Å². The molecule has 0 saturated heterocycles. The van der Waals surface area contributed by atoms with Crippen molar-refractivity contribution in [2.24, 2.45) is 0 Å². The molecule has 2 rings (SSSR count). The number of nitrogens with zero attached hydrogens (tertiary/aromatic N) is 1. The van der Waals surface area contributed by atoms with E-state index in [1.54, 1.807) is 0 Å². The Morgan fingerprint density at radius 2 is 2.06 bits per heavy atom. The van der Waals surface area contributed by atoms with Gasteiger partial charge in [0.2, 0.25) is 5.91 Å².